The highest BCUT2D eigenvalue weighted by Gasteiger charge is 2.35. The van der Waals surface area contributed by atoms with Crippen LogP contribution >= 0.6 is 23.2 Å². The Balaban J connectivity index is 1.49. The smallest absolute Gasteiger partial charge is 0.0406 e. The van der Waals surface area contributed by atoms with Crippen molar-refractivity contribution in [3.05, 3.63) is 212 Å². The molecule has 0 N–H and O–H groups in total. The first-order valence-corrected chi connectivity index (χ1v) is 15.0. The molecule has 0 spiro atoms. The van der Waals surface area contributed by atoms with Gasteiger partial charge in [0.25, 0.3) is 0 Å². The Hall–Kier alpha value is -4.36. The van der Waals surface area contributed by atoms with E-state index in [1.165, 1.54) is 50.1 Å². The van der Waals surface area contributed by atoms with E-state index in [4.69, 9.17) is 23.2 Å². The molecule has 0 bridgehead atoms. The topological polar surface area (TPSA) is 0 Å². The van der Waals surface area contributed by atoms with Crippen LogP contribution in [0.1, 0.15) is 56.3 Å². The molecule has 0 fully saturated rings. The van der Waals surface area contributed by atoms with E-state index in [0.717, 1.165) is 15.6 Å². The van der Waals surface area contributed by atoms with Crippen molar-refractivity contribution < 1.29 is 0 Å². The van der Waals surface area contributed by atoms with Crippen molar-refractivity contribution >= 4 is 34.3 Å². The standard InChI is InChI=1S/C40H28Cl2/c41-33-21-16-30(17-22-33)38-35-25-20-32(37(27-10-4-1-5-11-27)28-12-6-2-7-13-28)26-36(35)39(29-14-8-3-9-15-29)40(38)31-18-23-34(42)24-19-31/h1-26,37,39H. The van der Waals surface area contributed by atoms with Gasteiger partial charge in [-0.3, -0.25) is 0 Å². The Morgan fingerprint density at radius 2 is 0.952 bits per heavy atom. The maximum Gasteiger partial charge on any atom is 0.0406 e. The minimum atomic E-state index is 0.0557. The number of halogens is 2. The van der Waals surface area contributed by atoms with Gasteiger partial charge in [-0.05, 0) is 79.9 Å². The minimum Gasteiger partial charge on any atom is -0.0843 e. The molecule has 0 saturated carbocycles. The van der Waals surface area contributed by atoms with Gasteiger partial charge in [0.05, 0.1) is 0 Å². The molecule has 1 aliphatic rings. The van der Waals surface area contributed by atoms with Crippen LogP contribution in [0.3, 0.4) is 0 Å². The van der Waals surface area contributed by atoms with Crippen LogP contribution in [0.4, 0.5) is 0 Å². The summed E-state index contributed by atoms with van der Waals surface area (Å²) in [5, 5.41) is 1.46. The van der Waals surface area contributed by atoms with Crippen LogP contribution < -0.4 is 0 Å². The molecular formula is C40H28Cl2. The van der Waals surface area contributed by atoms with Crippen LogP contribution in [0.25, 0.3) is 11.1 Å². The van der Waals surface area contributed by atoms with Crippen LogP contribution in [-0.2, 0) is 0 Å². The first-order chi connectivity index (χ1) is 20.7. The third-order valence-electron chi connectivity index (χ3n) is 8.23. The molecule has 0 radical (unpaired) electrons. The van der Waals surface area contributed by atoms with Gasteiger partial charge in [0, 0.05) is 21.9 Å². The van der Waals surface area contributed by atoms with Crippen molar-refractivity contribution in [1.29, 1.82) is 0 Å². The molecule has 202 valence electrons. The van der Waals surface area contributed by atoms with E-state index in [2.05, 4.69) is 133 Å². The van der Waals surface area contributed by atoms with Gasteiger partial charge in [0.15, 0.2) is 0 Å². The monoisotopic (exact) mass is 578 g/mol. The van der Waals surface area contributed by atoms with Gasteiger partial charge in [-0.15, -0.1) is 0 Å². The summed E-state index contributed by atoms with van der Waals surface area (Å²) in [6.45, 7) is 0. The molecule has 1 aliphatic carbocycles. The summed E-state index contributed by atoms with van der Waals surface area (Å²) in [6, 6.07) is 56.0. The third kappa shape index (κ3) is 4.98. The molecule has 42 heavy (non-hydrogen) atoms. The van der Waals surface area contributed by atoms with E-state index in [-0.39, 0.29) is 11.8 Å². The largest absolute Gasteiger partial charge is 0.0843 e. The van der Waals surface area contributed by atoms with Gasteiger partial charge in [0.1, 0.15) is 0 Å². The summed E-state index contributed by atoms with van der Waals surface area (Å²) in [5.74, 6) is 0.174. The first kappa shape index (κ1) is 26.5. The maximum absolute atomic E-state index is 6.37. The van der Waals surface area contributed by atoms with E-state index in [1.807, 2.05) is 24.3 Å². The molecule has 0 aliphatic heterocycles. The number of hydrogen-bond donors (Lipinski definition) is 0. The summed E-state index contributed by atoms with van der Waals surface area (Å²) in [5.41, 5.74) is 12.5. The van der Waals surface area contributed by atoms with Gasteiger partial charge in [0.2, 0.25) is 0 Å². The number of fused-ring (bicyclic) bond motifs is 1. The van der Waals surface area contributed by atoms with Gasteiger partial charge < -0.3 is 0 Å². The second kappa shape index (κ2) is 11.5. The lowest BCUT2D eigenvalue weighted by molar-refractivity contribution is 0.963. The quantitative estimate of drug-likeness (QED) is 0.172. The van der Waals surface area contributed by atoms with E-state index < -0.39 is 0 Å². The summed E-state index contributed by atoms with van der Waals surface area (Å²) in [6.07, 6.45) is 0. The number of benzene rings is 6. The number of rotatable bonds is 6. The van der Waals surface area contributed by atoms with Crippen molar-refractivity contribution in [2.45, 2.75) is 11.8 Å². The van der Waals surface area contributed by atoms with Gasteiger partial charge in [-0.25, -0.2) is 0 Å². The van der Waals surface area contributed by atoms with Crippen molar-refractivity contribution in [2.75, 3.05) is 0 Å². The zero-order valence-corrected chi connectivity index (χ0v) is 24.4. The molecule has 0 saturated heterocycles. The van der Waals surface area contributed by atoms with Crippen molar-refractivity contribution in [2.24, 2.45) is 0 Å². The fourth-order valence-electron chi connectivity index (χ4n) is 6.40. The number of allylic oxidation sites excluding steroid dienone is 1. The van der Waals surface area contributed by atoms with Gasteiger partial charge in [-0.2, -0.15) is 0 Å². The van der Waals surface area contributed by atoms with Crippen LogP contribution in [-0.4, -0.2) is 0 Å². The second-order valence-electron chi connectivity index (χ2n) is 10.7. The zero-order valence-electron chi connectivity index (χ0n) is 22.9. The van der Waals surface area contributed by atoms with E-state index in [9.17, 15) is 0 Å². The predicted molar refractivity (Wildman–Crippen MR) is 177 cm³/mol. The lowest BCUT2D eigenvalue weighted by Crippen LogP contribution is -2.06. The van der Waals surface area contributed by atoms with Crippen LogP contribution in [0.2, 0.25) is 10.0 Å². The minimum absolute atomic E-state index is 0.0557. The zero-order chi connectivity index (χ0) is 28.5. The van der Waals surface area contributed by atoms with Crippen molar-refractivity contribution in [3.8, 4) is 0 Å². The highest BCUT2D eigenvalue weighted by molar-refractivity contribution is 6.31. The molecule has 0 aromatic heterocycles. The Morgan fingerprint density at radius 3 is 1.50 bits per heavy atom. The van der Waals surface area contributed by atoms with Gasteiger partial charge in [-0.1, -0.05) is 157 Å². The SMILES string of the molecule is Clc1ccc(C2=C(c3ccc(Cl)cc3)C(c3ccccc3)c3cc(C(c4ccccc4)c4ccccc4)ccc32)cc1. The van der Waals surface area contributed by atoms with E-state index in [0.29, 0.717) is 0 Å². The van der Waals surface area contributed by atoms with Crippen molar-refractivity contribution in [1.82, 2.24) is 0 Å². The Morgan fingerprint density at radius 1 is 0.452 bits per heavy atom. The Kier molecular flexibility index (Phi) is 7.26. The maximum atomic E-state index is 6.37. The van der Waals surface area contributed by atoms with E-state index >= 15 is 0 Å². The highest BCUT2D eigenvalue weighted by atomic mass is 35.5. The molecule has 6 aromatic carbocycles. The predicted octanol–water partition coefficient (Wildman–Crippen LogP) is 11.3. The average Bonchev–Trinajstić information content (AvgIpc) is 3.38. The average molecular weight is 580 g/mol. The molecule has 0 nitrogen and oxygen atoms in total. The summed E-state index contributed by atoms with van der Waals surface area (Å²) in [7, 11) is 0. The summed E-state index contributed by atoms with van der Waals surface area (Å²) in [4.78, 5) is 0. The molecule has 1 atom stereocenters. The Bertz CT molecular complexity index is 1820. The molecule has 0 heterocycles. The van der Waals surface area contributed by atoms with Crippen molar-refractivity contribution in [3.63, 3.8) is 0 Å². The first-order valence-electron chi connectivity index (χ1n) is 14.2. The Labute approximate surface area is 257 Å². The second-order valence-corrected chi connectivity index (χ2v) is 11.6. The summed E-state index contributed by atoms with van der Waals surface area (Å²) >= 11 is 12.7. The normalized spacial score (nSPS) is 14.3. The molecule has 6 aromatic rings. The highest BCUT2D eigenvalue weighted by Crippen LogP contribution is 2.53. The third-order valence-corrected chi connectivity index (χ3v) is 8.74. The number of hydrogen-bond acceptors (Lipinski definition) is 0. The van der Waals surface area contributed by atoms with E-state index in [1.54, 1.807) is 0 Å². The molecule has 1 unspecified atom stereocenters. The van der Waals surface area contributed by atoms with Crippen LogP contribution in [0.5, 0.6) is 0 Å². The molecule has 2 heteroatoms. The lowest BCUT2D eigenvalue weighted by Gasteiger charge is -2.22. The lowest BCUT2D eigenvalue weighted by atomic mass is 9.81. The summed E-state index contributed by atoms with van der Waals surface area (Å²) < 4.78 is 0. The van der Waals surface area contributed by atoms with Crippen LogP contribution in [0, 0.1) is 0 Å². The molecular weight excluding hydrogens is 551 g/mol. The fraction of sp³-hybridized carbons (Fsp3) is 0.0500. The van der Waals surface area contributed by atoms with Gasteiger partial charge >= 0.3 is 0 Å². The molecule has 7 rings (SSSR count). The fourth-order valence-corrected chi connectivity index (χ4v) is 6.65. The molecule has 0 amide bonds. The van der Waals surface area contributed by atoms with Crippen LogP contribution in [0.15, 0.2) is 158 Å².